The van der Waals surface area contributed by atoms with E-state index in [-0.39, 0.29) is 0 Å². The Balaban J connectivity index is 3.20. The van der Waals surface area contributed by atoms with Crippen LogP contribution in [-0.4, -0.2) is 39.5 Å². The van der Waals surface area contributed by atoms with Gasteiger partial charge in [0.15, 0.2) is 0 Å². The second-order valence-electron chi connectivity index (χ2n) is 4.21. The Hall–Kier alpha value is -0.120. The number of hydrogen-bond acceptors (Lipinski definition) is 3. The summed E-state index contributed by atoms with van der Waals surface area (Å²) < 4.78 is 10.3. The van der Waals surface area contributed by atoms with Crippen LogP contribution in [0.2, 0.25) is 0 Å². The van der Waals surface area contributed by atoms with Gasteiger partial charge in [-0.25, -0.2) is 0 Å². The molecule has 1 N–H and O–H groups in total. The molecule has 0 aromatic rings. The summed E-state index contributed by atoms with van der Waals surface area (Å²) in [6.07, 6.45) is 2.50. The second-order valence-corrected chi connectivity index (χ2v) is 4.21. The van der Waals surface area contributed by atoms with Gasteiger partial charge in [-0.3, -0.25) is 0 Å². The van der Waals surface area contributed by atoms with Gasteiger partial charge in [0, 0.05) is 19.7 Å². The van der Waals surface area contributed by atoms with Crippen molar-refractivity contribution in [2.24, 2.45) is 5.92 Å². The number of rotatable bonds is 10. The highest BCUT2D eigenvalue weighted by atomic mass is 16.5. The van der Waals surface area contributed by atoms with Gasteiger partial charge in [0.05, 0.1) is 19.8 Å². The van der Waals surface area contributed by atoms with Gasteiger partial charge in [0.1, 0.15) is 0 Å². The van der Waals surface area contributed by atoms with Crippen molar-refractivity contribution in [2.45, 2.75) is 39.7 Å². The highest BCUT2D eigenvalue weighted by Crippen LogP contribution is 2.08. The van der Waals surface area contributed by atoms with Gasteiger partial charge >= 0.3 is 0 Å². The molecule has 2 unspecified atom stereocenters. The quantitative estimate of drug-likeness (QED) is 0.568. The van der Waals surface area contributed by atoms with Gasteiger partial charge in [-0.1, -0.05) is 20.3 Å². The van der Waals surface area contributed by atoms with Crippen LogP contribution in [0.3, 0.4) is 0 Å². The molecule has 15 heavy (non-hydrogen) atoms. The largest absolute Gasteiger partial charge is 0.382 e. The van der Waals surface area contributed by atoms with E-state index in [2.05, 4.69) is 26.1 Å². The minimum atomic E-state index is 0.589. The Morgan fingerprint density at radius 2 is 1.87 bits per heavy atom. The molecule has 0 fully saturated rings. The first kappa shape index (κ1) is 14.9. The van der Waals surface area contributed by atoms with E-state index in [1.165, 1.54) is 12.8 Å². The SMILES string of the molecule is CCC(C)CC(C)NCCOCCOC. The fraction of sp³-hybridized carbons (Fsp3) is 1.00. The van der Waals surface area contributed by atoms with Gasteiger partial charge < -0.3 is 14.8 Å². The molecule has 0 saturated carbocycles. The molecule has 0 radical (unpaired) electrons. The monoisotopic (exact) mass is 217 g/mol. The van der Waals surface area contributed by atoms with Crippen molar-refractivity contribution in [1.29, 1.82) is 0 Å². The van der Waals surface area contributed by atoms with E-state index in [1.807, 2.05) is 0 Å². The van der Waals surface area contributed by atoms with E-state index in [0.717, 1.165) is 19.1 Å². The van der Waals surface area contributed by atoms with E-state index in [0.29, 0.717) is 19.3 Å². The molecular weight excluding hydrogens is 190 g/mol. The van der Waals surface area contributed by atoms with Crippen molar-refractivity contribution in [2.75, 3.05) is 33.5 Å². The summed E-state index contributed by atoms with van der Waals surface area (Å²) in [5, 5.41) is 3.46. The van der Waals surface area contributed by atoms with Crippen molar-refractivity contribution >= 4 is 0 Å². The number of hydrogen-bond donors (Lipinski definition) is 1. The van der Waals surface area contributed by atoms with Gasteiger partial charge in [-0.05, 0) is 19.3 Å². The van der Waals surface area contributed by atoms with Gasteiger partial charge in [0.25, 0.3) is 0 Å². The zero-order valence-corrected chi connectivity index (χ0v) is 10.7. The zero-order chi connectivity index (χ0) is 11.5. The van der Waals surface area contributed by atoms with Crippen LogP contribution in [0.15, 0.2) is 0 Å². The van der Waals surface area contributed by atoms with Gasteiger partial charge in [0.2, 0.25) is 0 Å². The number of methoxy groups -OCH3 is 1. The lowest BCUT2D eigenvalue weighted by molar-refractivity contribution is 0.0709. The summed E-state index contributed by atoms with van der Waals surface area (Å²) in [7, 11) is 1.69. The molecule has 0 rings (SSSR count). The summed E-state index contributed by atoms with van der Waals surface area (Å²) >= 11 is 0. The van der Waals surface area contributed by atoms with Crippen LogP contribution in [0, 0.1) is 5.92 Å². The molecule has 0 spiro atoms. The van der Waals surface area contributed by atoms with E-state index in [4.69, 9.17) is 9.47 Å². The van der Waals surface area contributed by atoms with Crippen molar-refractivity contribution in [3.8, 4) is 0 Å². The first-order chi connectivity index (χ1) is 7.20. The van der Waals surface area contributed by atoms with Crippen LogP contribution < -0.4 is 5.32 Å². The molecule has 0 amide bonds. The first-order valence-electron chi connectivity index (χ1n) is 6.00. The third kappa shape index (κ3) is 10.2. The molecule has 0 aromatic heterocycles. The van der Waals surface area contributed by atoms with Crippen molar-refractivity contribution in [1.82, 2.24) is 5.32 Å². The molecule has 0 aliphatic heterocycles. The Bertz CT molecular complexity index is 131. The Kier molecular flexibility index (Phi) is 10.3. The molecule has 2 atom stereocenters. The van der Waals surface area contributed by atoms with Gasteiger partial charge in [-0.15, -0.1) is 0 Å². The van der Waals surface area contributed by atoms with Gasteiger partial charge in [-0.2, -0.15) is 0 Å². The molecule has 0 bridgehead atoms. The van der Waals surface area contributed by atoms with Crippen molar-refractivity contribution < 1.29 is 9.47 Å². The molecule has 0 saturated heterocycles. The second kappa shape index (κ2) is 10.4. The number of ether oxygens (including phenoxy) is 2. The molecule has 0 aliphatic rings. The normalized spacial score (nSPS) is 15.2. The fourth-order valence-electron chi connectivity index (χ4n) is 1.48. The summed E-state index contributed by atoms with van der Waals surface area (Å²) in [6.45, 7) is 9.86. The lowest BCUT2D eigenvalue weighted by Crippen LogP contribution is -2.31. The van der Waals surface area contributed by atoms with E-state index >= 15 is 0 Å². The average Bonchev–Trinajstić information content (AvgIpc) is 2.23. The minimum Gasteiger partial charge on any atom is -0.382 e. The number of nitrogens with one attached hydrogen (secondary N) is 1. The maximum Gasteiger partial charge on any atom is 0.0700 e. The topological polar surface area (TPSA) is 30.5 Å². The van der Waals surface area contributed by atoms with Crippen LogP contribution in [0.25, 0.3) is 0 Å². The predicted octanol–water partition coefficient (Wildman–Crippen LogP) is 2.06. The summed E-state index contributed by atoms with van der Waals surface area (Å²) in [5.74, 6) is 0.807. The predicted molar refractivity (Wildman–Crippen MR) is 64.2 cm³/mol. The molecular formula is C12H27NO2. The zero-order valence-electron chi connectivity index (χ0n) is 10.7. The Labute approximate surface area is 94.5 Å². The molecule has 0 heterocycles. The third-order valence-electron chi connectivity index (χ3n) is 2.62. The summed E-state index contributed by atoms with van der Waals surface area (Å²) in [6, 6.07) is 0.589. The Morgan fingerprint density at radius 3 is 2.47 bits per heavy atom. The summed E-state index contributed by atoms with van der Waals surface area (Å²) in [5.41, 5.74) is 0. The van der Waals surface area contributed by atoms with Crippen LogP contribution in [-0.2, 0) is 9.47 Å². The molecule has 3 nitrogen and oxygen atoms in total. The van der Waals surface area contributed by atoms with Crippen LogP contribution in [0.5, 0.6) is 0 Å². The standard InChI is InChI=1S/C12H27NO2/c1-5-11(2)10-12(3)13-6-7-15-9-8-14-4/h11-13H,5-10H2,1-4H3. The highest BCUT2D eigenvalue weighted by Gasteiger charge is 2.05. The van der Waals surface area contributed by atoms with Crippen LogP contribution in [0.4, 0.5) is 0 Å². The van der Waals surface area contributed by atoms with E-state index in [9.17, 15) is 0 Å². The smallest absolute Gasteiger partial charge is 0.0700 e. The Morgan fingerprint density at radius 1 is 1.13 bits per heavy atom. The molecule has 3 heteroatoms. The van der Waals surface area contributed by atoms with Crippen LogP contribution in [0.1, 0.15) is 33.6 Å². The van der Waals surface area contributed by atoms with Crippen molar-refractivity contribution in [3.63, 3.8) is 0 Å². The lowest BCUT2D eigenvalue weighted by atomic mass is 10.0. The molecule has 92 valence electrons. The molecule has 0 aliphatic carbocycles. The van der Waals surface area contributed by atoms with E-state index < -0.39 is 0 Å². The maximum atomic E-state index is 5.37. The summed E-state index contributed by atoms with van der Waals surface area (Å²) in [4.78, 5) is 0. The lowest BCUT2D eigenvalue weighted by Gasteiger charge is -2.17. The van der Waals surface area contributed by atoms with Crippen LogP contribution >= 0.6 is 0 Å². The average molecular weight is 217 g/mol. The highest BCUT2D eigenvalue weighted by molar-refractivity contribution is 4.63. The minimum absolute atomic E-state index is 0.589. The maximum absolute atomic E-state index is 5.37. The third-order valence-corrected chi connectivity index (χ3v) is 2.62. The fourth-order valence-corrected chi connectivity index (χ4v) is 1.48. The first-order valence-corrected chi connectivity index (χ1v) is 6.00. The van der Waals surface area contributed by atoms with E-state index in [1.54, 1.807) is 7.11 Å². The molecule has 0 aromatic carbocycles. The van der Waals surface area contributed by atoms with Crippen molar-refractivity contribution in [3.05, 3.63) is 0 Å².